The second kappa shape index (κ2) is 9.00. The topological polar surface area (TPSA) is 3.24 Å². The standard InChI is InChI=1S/C24H36ClN/c25-24-22(19-11-4-1-5-12-19)17-10-18-23(24)26(20-13-6-2-7-14-20)21-15-8-3-9-16-21/h10,17-21H,1-9,11-16H2. The van der Waals surface area contributed by atoms with E-state index in [1.54, 1.807) is 0 Å². The molecule has 0 spiro atoms. The molecule has 144 valence electrons. The van der Waals surface area contributed by atoms with Crippen molar-refractivity contribution < 1.29 is 0 Å². The van der Waals surface area contributed by atoms with Gasteiger partial charge in [0, 0.05) is 12.1 Å². The minimum atomic E-state index is 0.691. The van der Waals surface area contributed by atoms with Crippen LogP contribution in [0.1, 0.15) is 108 Å². The molecule has 0 amide bonds. The van der Waals surface area contributed by atoms with E-state index in [1.165, 1.54) is 108 Å². The molecule has 2 heteroatoms. The SMILES string of the molecule is Clc1c(C2CCCCC2)cccc1N(C1CCCCC1)C1CCCCC1. The molecule has 0 radical (unpaired) electrons. The maximum Gasteiger partial charge on any atom is 0.0674 e. The third kappa shape index (κ3) is 4.08. The van der Waals surface area contributed by atoms with Crippen LogP contribution in [0, 0.1) is 0 Å². The lowest BCUT2D eigenvalue weighted by Crippen LogP contribution is -2.45. The molecule has 0 aliphatic heterocycles. The third-order valence-electron chi connectivity index (χ3n) is 7.27. The maximum atomic E-state index is 7.13. The van der Waals surface area contributed by atoms with Crippen LogP contribution >= 0.6 is 11.6 Å². The van der Waals surface area contributed by atoms with E-state index in [4.69, 9.17) is 11.6 Å². The molecule has 1 aromatic rings. The van der Waals surface area contributed by atoms with E-state index in [-0.39, 0.29) is 0 Å². The van der Waals surface area contributed by atoms with Gasteiger partial charge >= 0.3 is 0 Å². The summed E-state index contributed by atoms with van der Waals surface area (Å²) in [5.41, 5.74) is 2.81. The molecule has 3 aliphatic carbocycles. The molecule has 3 saturated carbocycles. The van der Waals surface area contributed by atoms with Crippen molar-refractivity contribution in [3.8, 4) is 0 Å². The van der Waals surface area contributed by atoms with Crippen molar-refractivity contribution in [1.29, 1.82) is 0 Å². The summed E-state index contributed by atoms with van der Waals surface area (Å²) in [6.07, 6.45) is 20.7. The van der Waals surface area contributed by atoms with Gasteiger partial charge in [0.1, 0.15) is 0 Å². The summed E-state index contributed by atoms with van der Waals surface area (Å²) in [4.78, 5) is 2.81. The molecule has 0 saturated heterocycles. The lowest BCUT2D eigenvalue weighted by molar-refractivity contribution is 0.339. The van der Waals surface area contributed by atoms with Gasteiger partial charge in [-0.25, -0.2) is 0 Å². The van der Waals surface area contributed by atoms with Crippen LogP contribution in [0.5, 0.6) is 0 Å². The van der Waals surface area contributed by atoms with E-state index in [9.17, 15) is 0 Å². The second-order valence-corrected chi connectivity index (χ2v) is 9.38. The number of hydrogen-bond acceptors (Lipinski definition) is 1. The Morgan fingerprint density at radius 1 is 0.654 bits per heavy atom. The van der Waals surface area contributed by atoms with Gasteiger partial charge in [0.05, 0.1) is 10.7 Å². The predicted octanol–water partition coefficient (Wildman–Crippen LogP) is 7.86. The average Bonchev–Trinajstić information content (AvgIpc) is 2.72. The molecule has 3 aliphatic rings. The first-order valence-corrected chi connectivity index (χ1v) is 11.8. The fourth-order valence-electron chi connectivity index (χ4n) is 5.88. The van der Waals surface area contributed by atoms with Gasteiger partial charge in [-0.05, 0) is 56.1 Å². The monoisotopic (exact) mass is 373 g/mol. The molecule has 0 atom stereocenters. The summed E-state index contributed by atoms with van der Waals surface area (Å²) in [6, 6.07) is 8.38. The van der Waals surface area contributed by atoms with Crippen LogP contribution in [0.3, 0.4) is 0 Å². The first-order valence-electron chi connectivity index (χ1n) is 11.4. The van der Waals surface area contributed by atoms with Gasteiger partial charge in [-0.1, -0.05) is 81.5 Å². The van der Waals surface area contributed by atoms with Gasteiger partial charge in [-0.3, -0.25) is 0 Å². The Morgan fingerprint density at radius 2 is 1.15 bits per heavy atom. The molecule has 1 nitrogen and oxygen atoms in total. The zero-order valence-corrected chi connectivity index (χ0v) is 17.2. The van der Waals surface area contributed by atoms with Crippen LogP contribution in [-0.4, -0.2) is 12.1 Å². The highest BCUT2D eigenvalue weighted by Crippen LogP contribution is 2.43. The summed E-state index contributed by atoms with van der Waals surface area (Å²) in [5, 5.41) is 1.09. The second-order valence-electron chi connectivity index (χ2n) is 9.01. The minimum Gasteiger partial charge on any atom is -0.364 e. The van der Waals surface area contributed by atoms with Crippen molar-refractivity contribution in [3.05, 3.63) is 28.8 Å². The van der Waals surface area contributed by atoms with Gasteiger partial charge in [-0.2, -0.15) is 0 Å². The van der Waals surface area contributed by atoms with Crippen molar-refractivity contribution in [3.63, 3.8) is 0 Å². The zero-order valence-electron chi connectivity index (χ0n) is 16.4. The quantitative estimate of drug-likeness (QED) is 0.519. The molecule has 26 heavy (non-hydrogen) atoms. The van der Waals surface area contributed by atoms with Crippen molar-refractivity contribution in [2.24, 2.45) is 0 Å². The number of anilines is 1. The van der Waals surface area contributed by atoms with Crippen molar-refractivity contribution in [2.75, 3.05) is 4.90 Å². The van der Waals surface area contributed by atoms with E-state index in [0.29, 0.717) is 18.0 Å². The molecule has 0 bridgehead atoms. The van der Waals surface area contributed by atoms with E-state index in [0.717, 1.165) is 5.02 Å². The highest BCUT2D eigenvalue weighted by Gasteiger charge is 2.31. The first-order chi connectivity index (χ1) is 12.8. The molecule has 0 N–H and O–H groups in total. The Hall–Kier alpha value is -0.690. The van der Waals surface area contributed by atoms with E-state index in [1.807, 2.05) is 0 Å². The van der Waals surface area contributed by atoms with Gasteiger partial charge in [0.25, 0.3) is 0 Å². The van der Waals surface area contributed by atoms with Crippen LogP contribution in [0.2, 0.25) is 5.02 Å². The number of hydrogen-bond donors (Lipinski definition) is 0. The lowest BCUT2D eigenvalue weighted by Gasteiger charge is -2.44. The van der Waals surface area contributed by atoms with Crippen LogP contribution in [0.25, 0.3) is 0 Å². The summed E-state index contributed by atoms with van der Waals surface area (Å²) < 4.78 is 0. The van der Waals surface area contributed by atoms with Gasteiger partial charge in [0.15, 0.2) is 0 Å². The molecule has 0 heterocycles. The average molecular weight is 374 g/mol. The van der Waals surface area contributed by atoms with Crippen molar-refractivity contribution in [1.82, 2.24) is 0 Å². The fraction of sp³-hybridized carbons (Fsp3) is 0.750. The highest BCUT2D eigenvalue weighted by molar-refractivity contribution is 6.34. The predicted molar refractivity (Wildman–Crippen MR) is 114 cm³/mol. The largest absolute Gasteiger partial charge is 0.364 e. The number of rotatable bonds is 4. The Kier molecular flexibility index (Phi) is 6.46. The number of halogens is 1. The third-order valence-corrected chi connectivity index (χ3v) is 7.68. The van der Waals surface area contributed by atoms with E-state index >= 15 is 0 Å². The molecule has 4 rings (SSSR count). The fourth-order valence-corrected chi connectivity index (χ4v) is 6.25. The highest BCUT2D eigenvalue weighted by atomic mass is 35.5. The van der Waals surface area contributed by atoms with E-state index < -0.39 is 0 Å². The molecule has 1 aromatic carbocycles. The van der Waals surface area contributed by atoms with Gasteiger partial charge < -0.3 is 4.90 Å². The Morgan fingerprint density at radius 3 is 1.69 bits per heavy atom. The van der Waals surface area contributed by atoms with Crippen LogP contribution in [-0.2, 0) is 0 Å². The maximum absolute atomic E-state index is 7.13. The minimum absolute atomic E-state index is 0.691. The normalized spacial score (nSPS) is 23.9. The summed E-state index contributed by atoms with van der Waals surface area (Å²) in [5.74, 6) is 0.691. The van der Waals surface area contributed by atoms with Crippen molar-refractivity contribution in [2.45, 2.75) is 114 Å². The molecule has 0 aromatic heterocycles. The molecule has 3 fully saturated rings. The van der Waals surface area contributed by atoms with E-state index in [2.05, 4.69) is 23.1 Å². The summed E-state index contributed by atoms with van der Waals surface area (Å²) >= 11 is 7.13. The van der Waals surface area contributed by atoms with Crippen LogP contribution in [0.15, 0.2) is 18.2 Å². The van der Waals surface area contributed by atoms with Gasteiger partial charge in [0.2, 0.25) is 0 Å². The molecule has 0 unspecified atom stereocenters. The van der Waals surface area contributed by atoms with Crippen LogP contribution < -0.4 is 4.90 Å². The molecular formula is C24H36ClN. The van der Waals surface area contributed by atoms with Crippen LogP contribution in [0.4, 0.5) is 5.69 Å². The smallest absolute Gasteiger partial charge is 0.0674 e. The zero-order chi connectivity index (χ0) is 17.8. The lowest BCUT2D eigenvalue weighted by atomic mass is 9.83. The summed E-state index contributed by atoms with van der Waals surface area (Å²) in [7, 11) is 0. The number of benzene rings is 1. The number of nitrogens with zero attached hydrogens (tertiary/aromatic N) is 1. The first kappa shape index (κ1) is 18.7. The molecular weight excluding hydrogens is 338 g/mol. The Balaban J connectivity index is 1.65. The van der Waals surface area contributed by atoms with Gasteiger partial charge in [-0.15, -0.1) is 0 Å². The Labute approximate surface area is 165 Å². The van der Waals surface area contributed by atoms with Crippen molar-refractivity contribution >= 4 is 17.3 Å². The summed E-state index contributed by atoms with van der Waals surface area (Å²) in [6.45, 7) is 0. The Bertz CT molecular complexity index is 548.